The van der Waals surface area contributed by atoms with Gasteiger partial charge >= 0.3 is 0 Å². The van der Waals surface area contributed by atoms with Crippen molar-refractivity contribution in [2.45, 2.75) is 17.7 Å². The topological polar surface area (TPSA) is 80.5 Å². The van der Waals surface area contributed by atoms with Crippen LogP contribution >= 0.6 is 0 Å². The highest BCUT2D eigenvalue weighted by molar-refractivity contribution is 7.88. The minimum absolute atomic E-state index is 0.124. The van der Waals surface area contributed by atoms with E-state index in [0.717, 1.165) is 12.8 Å². The first-order chi connectivity index (χ1) is 9.38. The van der Waals surface area contributed by atoms with Crippen LogP contribution in [0.25, 0.3) is 0 Å². The molecule has 1 aliphatic heterocycles. The van der Waals surface area contributed by atoms with Crippen molar-refractivity contribution in [2.75, 3.05) is 30.8 Å². The third kappa shape index (κ3) is 3.80. The third-order valence-electron chi connectivity index (χ3n) is 3.50. The number of rotatable bonds is 4. The van der Waals surface area contributed by atoms with Crippen LogP contribution in [0, 0.1) is 5.92 Å². The van der Waals surface area contributed by atoms with E-state index in [1.54, 1.807) is 12.1 Å². The lowest BCUT2D eigenvalue weighted by atomic mass is 10.0. The van der Waals surface area contributed by atoms with E-state index in [-0.39, 0.29) is 5.92 Å². The summed E-state index contributed by atoms with van der Waals surface area (Å²) >= 11 is 0. The number of nitrogens with two attached hydrogens (primary N) is 1. The summed E-state index contributed by atoms with van der Waals surface area (Å²) < 4.78 is 37.0. The highest BCUT2D eigenvalue weighted by Gasteiger charge is 2.27. The summed E-state index contributed by atoms with van der Waals surface area (Å²) in [5.41, 5.74) is 6.35. The Balaban J connectivity index is 2.03. The first-order valence-corrected chi connectivity index (χ1v) is 9.72. The Bertz CT molecular complexity index is 601. The van der Waals surface area contributed by atoms with Crippen LogP contribution in [0.5, 0.6) is 0 Å². The molecule has 2 N–H and O–H groups in total. The van der Waals surface area contributed by atoms with Gasteiger partial charge in [0.15, 0.2) is 0 Å². The molecule has 0 aromatic heterocycles. The molecule has 2 atom stereocenters. The lowest BCUT2D eigenvalue weighted by molar-refractivity contribution is 0.285. The Hall–Kier alpha value is -0.920. The van der Waals surface area contributed by atoms with Gasteiger partial charge in [0.1, 0.15) is 0 Å². The van der Waals surface area contributed by atoms with Gasteiger partial charge in [0.2, 0.25) is 10.0 Å². The number of piperidine rings is 1. The maximum atomic E-state index is 12.4. The van der Waals surface area contributed by atoms with E-state index in [1.165, 1.54) is 10.6 Å². The average Bonchev–Trinajstić information content (AvgIpc) is 2.38. The number of hydrogen-bond donors (Lipinski definition) is 1. The van der Waals surface area contributed by atoms with Crippen molar-refractivity contribution in [1.29, 1.82) is 0 Å². The Morgan fingerprint density at radius 3 is 2.75 bits per heavy atom. The van der Waals surface area contributed by atoms with Gasteiger partial charge in [-0.15, -0.1) is 0 Å². The molecule has 1 aromatic carbocycles. The van der Waals surface area contributed by atoms with Gasteiger partial charge in [-0.1, -0.05) is 12.1 Å². The van der Waals surface area contributed by atoms with E-state index in [2.05, 4.69) is 0 Å². The summed E-state index contributed by atoms with van der Waals surface area (Å²) in [5.74, 6) is 0.583. The Morgan fingerprint density at radius 1 is 1.40 bits per heavy atom. The van der Waals surface area contributed by atoms with Crippen LogP contribution in [0.15, 0.2) is 29.2 Å². The lowest BCUT2D eigenvalue weighted by Gasteiger charge is -2.30. The predicted octanol–water partition coefficient (Wildman–Crippen LogP) is 1.05. The van der Waals surface area contributed by atoms with Crippen molar-refractivity contribution in [2.24, 2.45) is 5.92 Å². The van der Waals surface area contributed by atoms with Crippen molar-refractivity contribution >= 4 is 26.5 Å². The molecule has 0 aliphatic carbocycles. The van der Waals surface area contributed by atoms with E-state index in [9.17, 15) is 12.6 Å². The number of nitrogen functional groups attached to an aromatic ring is 1. The molecule has 0 bridgehead atoms. The van der Waals surface area contributed by atoms with E-state index in [4.69, 9.17) is 5.73 Å². The molecule has 1 aliphatic rings. The SMILES string of the molecule is CS(=O)(=O)N1CCCC(CS(=O)c2ccccc2N)C1. The van der Waals surface area contributed by atoms with Crippen LogP contribution in [-0.2, 0) is 20.8 Å². The third-order valence-corrected chi connectivity index (χ3v) is 6.41. The van der Waals surface area contributed by atoms with Crippen LogP contribution in [-0.4, -0.2) is 42.0 Å². The molecular formula is C13H20N2O3S2. The Kier molecular flexibility index (Phi) is 4.82. The van der Waals surface area contributed by atoms with Crippen molar-refractivity contribution in [3.63, 3.8) is 0 Å². The predicted molar refractivity (Wildman–Crippen MR) is 81.3 cm³/mol. The van der Waals surface area contributed by atoms with E-state index in [1.807, 2.05) is 12.1 Å². The molecule has 20 heavy (non-hydrogen) atoms. The second kappa shape index (κ2) is 6.24. The van der Waals surface area contributed by atoms with Gasteiger partial charge < -0.3 is 5.73 Å². The van der Waals surface area contributed by atoms with Gasteiger partial charge in [0, 0.05) is 24.5 Å². The number of anilines is 1. The van der Waals surface area contributed by atoms with Gasteiger partial charge in [-0.05, 0) is 30.9 Å². The van der Waals surface area contributed by atoms with E-state index < -0.39 is 20.8 Å². The highest BCUT2D eigenvalue weighted by Crippen LogP contribution is 2.23. The maximum Gasteiger partial charge on any atom is 0.211 e. The first kappa shape index (κ1) is 15.5. The molecule has 0 amide bonds. The molecule has 0 radical (unpaired) electrons. The minimum Gasteiger partial charge on any atom is -0.398 e. The van der Waals surface area contributed by atoms with Crippen LogP contribution in [0.2, 0.25) is 0 Å². The molecule has 1 fully saturated rings. The summed E-state index contributed by atoms with van der Waals surface area (Å²) in [6, 6.07) is 7.12. The zero-order valence-corrected chi connectivity index (χ0v) is 13.1. The molecule has 0 saturated carbocycles. The summed E-state index contributed by atoms with van der Waals surface area (Å²) in [6.07, 6.45) is 2.95. The smallest absolute Gasteiger partial charge is 0.211 e. The molecule has 112 valence electrons. The fourth-order valence-corrected chi connectivity index (χ4v) is 4.84. The minimum atomic E-state index is -3.16. The summed E-state index contributed by atoms with van der Waals surface area (Å²) in [5, 5.41) is 0. The second-order valence-electron chi connectivity index (χ2n) is 5.18. The summed E-state index contributed by atoms with van der Waals surface area (Å²) in [7, 11) is -4.34. The highest BCUT2D eigenvalue weighted by atomic mass is 32.2. The zero-order valence-electron chi connectivity index (χ0n) is 11.5. The molecule has 7 heteroatoms. The fourth-order valence-electron chi connectivity index (χ4n) is 2.46. The number of para-hydroxylation sites is 1. The van der Waals surface area contributed by atoms with Crippen molar-refractivity contribution in [3.05, 3.63) is 24.3 Å². The number of sulfonamides is 1. The Labute approximate surface area is 122 Å². The summed E-state index contributed by atoms with van der Waals surface area (Å²) in [6.45, 7) is 1.02. The zero-order chi connectivity index (χ0) is 14.8. The monoisotopic (exact) mass is 316 g/mol. The van der Waals surface area contributed by atoms with Crippen LogP contribution < -0.4 is 5.73 Å². The average molecular weight is 316 g/mol. The molecular weight excluding hydrogens is 296 g/mol. The van der Waals surface area contributed by atoms with Crippen molar-refractivity contribution in [1.82, 2.24) is 4.31 Å². The van der Waals surface area contributed by atoms with E-state index >= 15 is 0 Å². The molecule has 1 aromatic rings. The molecule has 2 rings (SSSR count). The normalized spacial score (nSPS) is 22.6. The molecule has 1 saturated heterocycles. The molecule has 2 unspecified atom stereocenters. The van der Waals surface area contributed by atoms with Gasteiger partial charge in [-0.3, -0.25) is 4.21 Å². The van der Waals surface area contributed by atoms with Gasteiger partial charge in [0.25, 0.3) is 0 Å². The van der Waals surface area contributed by atoms with Gasteiger partial charge in [-0.25, -0.2) is 12.7 Å². The van der Waals surface area contributed by atoms with Crippen molar-refractivity contribution in [3.8, 4) is 0 Å². The van der Waals surface area contributed by atoms with Crippen LogP contribution in [0.4, 0.5) is 5.69 Å². The van der Waals surface area contributed by atoms with E-state index in [0.29, 0.717) is 29.4 Å². The number of benzene rings is 1. The van der Waals surface area contributed by atoms with Crippen LogP contribution in [0.1, 0.15) is 12.8 Å². The standard InChI is InChI=1S/C13H20N2O3S2/c1-20(17,18)15-8-4-5-11(9-15)10-19(16)13-7-3-2-6-12(13)14/h2-3,6-7,11H,4-5,8-10,14H2,1H3. The van der Waals surface area contributed by atoms with Gasteiger partial charge in [0.05, 0.1) is 22.0 Å². The van der Waals surface area contributed by atoms with Crippen LogP contribution in [0.3, 0.4) is 0 Å². The lowest BCUT2D eigenvalue weighted by Crippen LogP contribution is -2.40. The maximum absolute atomic E-state index is 12.4. The summed E-state index contributed by atoms with van der Waals surface area (Å²) in [4.78, 5) is 0.643. The Morgan fingerprint density at radius 2 is 2.10 bits per heavy atom. The largest absolute Gasteiger partial charge is 0.398 e. The number of nitrogens with zero attached hydrogens (tertiary/aromatic N) is 1. The molecule has 1 heterocycles. The molecule has 5 nitrogen and oxygen atoms in total. The quantitative estimate of drug-likeness (QED) is 0.842. The fraction of sp³-hybridized carbons (Fsp3) is 0.538. The first-order valence-electron chi connectivity index (χ1n) is 6.56. The second-order valence-corrected chi connectivity index (χ2v) is 8.63. The van der Waals surface area contributed by atoms with Crippen molar-refractivity contribution < 1.29 is 12.6 Å². The molecule has 0 spiro atoms. The van der Waals surface area contributed by atoms with Gasteiger partial charge in [-0.2, -0.15) is 0 Å². The number of hydrogen-bond acceptors (Lipinski definition) is 4.